The zero-order valence-corrected chi connectivity index (χ0v) is 16.8. The smallest absolute Gasteiger partial charge is 0.278 e. The minimum Gasteiger partial charge on any atom is -0.477 e. The number of hydrogen-bond acceptors (Lipinski definition) is 8. The fourth-order valence-electron chi connectivity index (χ4n) is 3.89. The molecule has 0 radical (unpaired) electrons. The number of ether oxygens (including phenoxy) is 2. The van der Waals surface area contributed by atoms with Crippen LogP contribution in [0.4, 0.5) is 10.3 Å². The van der Waals surface area contributed by atoms with Crippen LogP contribution in [-0.4, -0.2) is 39.9 Å². The van der Waals surface area contributed by atoms with E-state index >= 15 is 0 Å². The highest BCUT2D eigenvalue weighted by Crippen LogP contribution is 2.38. The molecular weight excluding hydrogens is 389 g/mol. The third kappa shape index (κ3) is 3.42. The van der Waals surface area contributed by atoms with Gasteiger partial charge in [-0.1, -0.05) is 6.07 Å². The molecule has 4 rings (SSSR count). The Morgan fingerprint density at radius 2 is 1.87 bits per heavy atom. The summed E-state index contributed by atoms with van der Waals surface area (Å²) in [6.45, 7) is 1.75. The van der Waals surface area contributed by atoms with Crippen molar-refractivity contribution in [1.82, 2.24) is 19.9 Å². The van der Waals surface area contributed by atoms with E-state index in [0.29, 0.717) is 34.6 Å². The molecule has 1 atom stereocenters. The number of nitrogens with two attached hydrogens (primary N) is 1. The van der Waals surface area contributed by atoms with Crippen molar-refractivity contribution in [1.29, 1.82) is 0 Å². The number of Topliss-reactive ketones (excluding diaryl/α,β-unsaturated/α-hetero) is 1. The molecule has 2 heterocycles. The van der Waals surface area contributed by atoms with Crippen molar-refractivity contribution in [2.75, 3.05) is 20.0 Å². The lowest BCUT2D eigenvalue weighted by Crippen LogP contribution is -2.23. The van der Waals surface area contributed by atoms with Gasteiger partial charge in [-0.05, 0) is 37.0 Å². The van der Waals surface area contributed by atoms with Gasteiger partial charge in [0.1, 0.15) is 5.82 Å². The molecule has 1 aliphatic rings. The summed E-state index contributed by atoms with van der Waals surface area (Å²) in [5, 5.41) is 0. The van der Waals surface area contributed by atoms with E-state index in [-0.39, 0.29) is 35.8 Å². The summed E-state index contributed by atoms with van der Waals surface area (Å²) >= 11 is 0. The number of nitrogen functional groups attached to an aromatic ring is 1. The Morgan fingerprint density at radius 1 is 1.10 bits per heavy atom. The molecule has 3 aromatic rings. The Bertz CT molecular complexity index is 1150. The maximum Gasteiger partial charge on any atom is 0.278 e. The Labute approximate surface area is 172 Å². The number of fused-ring (bicyclic) bond motifs is 1. The van der Waals surface area contributed by atoms with Crippen molar-refractivity contribution in [3.05, 3.63) is 52.7 Å². The van der Waals surface area contributed by atoms with Crippen LogP contribution in [0.3, 0.4) is 0 Å². The van der Waals surface area contributed by atoms with Gasteiger partial charge in [0.15, 0.2) is 5.78 Å². The zero-order chi connectivity index (χ0) is 21.4. The molecule has 0 amide bonds. The largest absolute Gasteiger partial charge is 0.477 e. The third-order valence-electron chi connectivity index (χ3n) is 5.16. The number of halogens is 1. The second kappa shape index (κ2) is 7.66. The molecule has 30 heavy (non-hydrogen) atoms. The van der Waals surface area contributed by atoms with E-state index in [1.165, 1.54) is 32.5 Å². The van der Waals surface area contributed by atoms with Gasteiger partial charge in [0.25, 0.3) is 11.8 Å². The fraction of sp³-hybridized carbons (Fsp3) is 0.286. The molecule has 8 nitrogen and oxygen atoms in total. The van der Waals surface area contributed by atoms with Crippen LogP contribution in [-0.2, 0) is 6.42 Å². The number of nitrogens with zero attached hydrogens (tertiary/aromatic N) is 4. The minimum absolute atomic E-state index is 0.0626. The second-order valence-electron chi connectivity index (χ2n) is 7.02. The monoisotopic (exact) mass is 409 g/mol. The molecule has 2 N–H and O–H groups in total. The standard InChI is InChI=1S/C21H20FN5O3/c1-10-18-15(27-21(23)25-10)6-11(7-17(18)28)13-5-4-12(22)8-14(13)16-9-24-19(29-2)20(26-16)30-3/h4-5,8-9,11H,6-7H2,1-3H3,(H2,23,25,27). The number of hydrogen-bond donors (Lipinski definition) is 1. The Morgan fingerprint density at radius 3 is 2.60 bits per heavy atom. The molecule has 0 fully saturated rings. The number of methoxy groups -OCH3 is 2. The van der Waals surface area contributed by atoms with Gasteiger partial charge < -0.3 is 15.2 Å². The first-order valence-corrected chi connectivity index (χ1v) is 9.32. The Kier molecular flexibility index (Phi) is 5.03. The van der Waals surface area contributed by atoms with Gasteiger partial charge in [-0.3, -0.25) is 4.79 Å². The maximum absolute atomic E-state index is 14.1. The van der Waals surface area contributed by atoms with Crippen LogP contribution in [0.25, 0.3) is 11.3 Å². The van der Waals surface area contributed by atoms with Crippen LogP contribution >= 0.6 is 0 Å². The van der Waals surface area contributed by atoms with Crippen LogP contribution in [0.2, 0.25) is 0 Å². The predicted molar refractivity (Wildman–Crippen MR) is 107 cm³/mol. The summed E-state index contributed by atoms with van der Waals surface area (Å²) in [4.78, 5) is 29.8. The quantitative estimate of drug-likeness (QED) is 0.700. The van der Waals surface area contributed by atoms with Crippen molar-refractivity contribution in [2.24, 2.45) is 0 Å². The SMILES string of the molecule is COc1ncc(-c2cc(F)ccc2C2CC(=O)c3c(C)nc(N)nc3C2)nc1OC. The van der Waals surface area contributed by atoms with Crippen LogP contribution in [0.15, 0.2) is 24.4 Å². The van der Waals surface area contributed by atoms with Gasteiger partial charge in [0, 0.05) is 12.0 Å². The molecule has 9 heteroatoms. The molecule has 0 spiro atoms. The van der Waals surface area contributed by atoms with Crippen LogP contribution in [0, 0.1) is 12.7 Å². The molecular formula is C21H20FN5O3. The van der Waals surface area contributed by atoms with E-state index in [4.69, 9.17) is 15.2 Å². The van der Waals surface area contributed by atoms with E-state index in [1.807, 2.05) is 0 Å². The molecule has 2 aromatic heterocycles. The minimum atomic E-state index is -0.421. The van der Waals surface area contributed by atoms with Gasteiger partial charge in [0.2, 0.25) is 5.95 Å². The predicted octanol–water partition coefficient (Wildman–Crippen LogP) is 2.89. The van der Waals surface area contributed by atoms with Crippen molar-refractivity contribution >= 4 is 11.7 Å². The molecule has 0 bridgehead atoms. The van der Waals surface area contributed by atoms with E-state index in [1.54, 1.807) is 13.0 Å². The van der Waals surface area contributed by atoms with Crippen molar-refractivity contribution in [3.8, 4) is 23.0 Å². The van der Waals surface area contributed by atoms with Gasteiger partial charge in [-0.15, -0.1) is 0 Å². The highest BCUT2D eigenvalue weighted by Gasteiger charge is 2.31. The van der Waals surface area contributed by atoms with Crippen LogP contribution in [0.5, 0.6) is 11.8 Å². The van der Waals surface area contributed by atoms with E-state index in [0.717, 1.165) is 5.56 Å². The maximum atomic E-state index is 14.1. The average Bonchev–Trinajstić information content (AvgIpc) is 2.72. The van der Waals surface area contributed by atoms with Gasteiger partial charge >= 0.3 is 0 Å². The van der Waals surface area contributed by atoms with E-state index in [2.05, 4.69) is 19.9 Å². The van der Waals surface area contributed by atoms with Crippen LogP contribution < -0.4 is 15.2 Å². The summed E-state index contributed by atoms with van der Waals surface area (Å²) in [5.41, 5.74) is 9.21. The summed E-state index contributed by atoms with van der Waals surface area (Å²) < 4.78 is 24.5. The molecule has 0 saturated carbocycles. The number of anilines is 1. The summed E-state index contributed by atoms with van der Waals surface area (Å²) in [6.07, 6.45) is 2.22. The average molecular weight is 409 g/mol. The molecule has 0 aliphatic heterocycles. The van der Waals surface area contributed by atoms with Crippen LogP contribution in [0.1, 0.15) is 39.6 Å². The molecule has 1 unspecified atom stereocenters. The normalized spacial score (nSPS) is 15.6. The number of carbonyl (C=O) groups excluding carboxylic acids is 1. The molecule has 0 saturated heterocycles. The lowest BCUT2D eigenvalue weighted by atomic mass is 9.79. The van der Waals surface area contributed by atoms with E-state index < -0.39 is 5.82 Å². The topological polar surface area (TPSA) is 113 Å². The summed E-state index contributed by atoms with van der Waals surface area (Å²) in [5.74, 6) is -0.160. The zero-order valence-electron chi connectivity index (χ0n) is 16.8. The number of benzene rings is 1. The highest BCUT2D eigenvalue weighted by molar-refractivity contribution is 6.00. The van der Waals surface area contributed by atoms with Gasteiger partial charge in [-0.25, -0.2) is 24.3 Å². The van der Waals surface area contributed by atoms with Gasteiger partial charge in [0.05, 0.1) is 43.1 Å². The van der Waals surface area contributed by atoms with E-state index in [9.17, 15) is 9.18 Å². The lowest BCUT2D eigenvalue weighted by Gasteiger charge is -2.26. The number of carbonyl (C=O) groups is 1. The Hall–Kier alpha value is -3.62. The first-order chi connectivity index (χ1) is 14.4. The fourth-order valence-corrected chi connectivity index (χ4v) is 3.89. The van der Waals surface area contributed by atoms with Crippen molar-refractivity contribution in [3.63, 3.8) is 0 Å². The first kappa shape index (κ1) is 19.7. The number of ketones is 1. The summed E-state index contributed by atoms with van der Waals surface area (Å²) in [7, 11) is 2.91. The number of rotatable bonds is 4. The molecule has 1 aliphatic carbocycles. The number of aryl methyl sites for hydroxylation is 1. The summed E-state index contributed by atoms with van der Waals surface area (Å²) in [6, 6.07) is 4.42. The van der Waals surface area contributed by atoms with Crippen molar-refractivity contribution < 1.29 is 18.7 Å². The second-order valence-corrected chi connectivity index (χ2v) is 7.02. The Balaban J connectivity index is 1.81. The van der Waals surface area contributed by atoms with Crippen molar-refractivity contribution in [2.45, 2.75) is 25.7 Å². The first-order valence-electron chi connectivity index (χ1n) is 9.32. The third-order valence-corrected chi connectivity index (χ3v) is 5.16. The van der Waals surface area contributed by atoms with Gasteiger partial charge in [-0.2, -0.15) is 0 Å². The molecule has 1 aromatic carbocycles. The highest BCUT2D eigenvalue weighted by atomic mass is 19.1. The molecule has 154 valence electrons. The lowest BCUT2D eigenvalue weighted by molar-refractivity contribution is 0.0962. The number of aromatic nitrogens is 4.